The van der Waals surface area contributed by atoms with Crippen LogP contribution in [0.25, 0.3) is 11.2 Å². The maximum Gasteiger partial charge on any atom is 0.179 e. The summed E-state index contributed by atoms with van der Waals surface area (Å²) in [7, 11) is 0. The van der Waals surface area contributed by atoms with Crippen molar-refractivity contribution in [3.8, 4) is 0 Å². The van der Waals surface area contributed by atoms with Gasteiger partial charge in [0.1, 0.15) is 0 Å². The normalized spacial score (nSPS) is 12.2. The van der Waals surface area contributed by atoms with Crippen molar-refractivity contribution in [2.45, 2.75) is 34.2 Å². The van der Waals surface area contributed by atoms with E-state index in [-0.39, 0.29) is 5.41 Å². The minimum Gasteiger partial charge on any atom is -0.329 e. The first-order valence-electron chi connectivity index (χ1n) is 5.43. The van der Waals surface area contributed by atoms with Crippen molar-refractivity contribution < 1.29 is 0 Å². The van der Waals surface area contributed by atoms with Crippen LogP contribution in [0.4, 0.5) is 0 Å². The van der Waals surface area contributed by atoms with Crippen LogP contribution in [0.5, 0.6) is 0 Å². The number of pyridine rings is 1. The fourth-order valence-electron chi connectivity index (χ4n) is 1.75. The van der Waals surface area contributed by atoms with Gasteiger partial charge in [-0.05, 0) is 36.7 Å². The quantitative estimate of drug-likeness (QED) is 0.768. The standard InChI is InChI=1S/C12H17N3S/c1-8-5-6-9-10(13-8)15(11(16)14-9)7-12(2,3)4/h5-6H,7H2,1-4H3,(H,14,16). The maximum atomic E-state index is 5.33. The highest BCUT2D eigenvalue weighted by Crippen LogP contribution is 2.20. The highest BCUT2D eigenvalue weighted by molar-refractivity contribution is 7.71. The summed E-state index contributed by atoms with van der Waals surface area (Å²) in [4.78, 5) is 7.74. The summed E-state index contributed by atoms with van der Waals surface area (Å²) in [5.41, 5.74) is 3.18. The van der Waals surface area contributed by atoms with Crippen molar-refractivity contribution in [2.75, 3.05) is 0 Å². The van der Waals surface area contributed by atoms with E-state index < -0.39 is 0 Å². The molecule has 0 saturated carbocycles. The smallest absolute Gasteiger partial charge is 0.179 e. The monoisotopic (exact) mass is 235 g/mol. The molecule has 0 bridgehead atoms. The number of nitrogens with one attached hydrogen (secondary N) is 1. The minimum atomic E-state index is 0.193. The molecule has 2 aromatic heterocycles. The molecule has 2 aromatic rings. The number of rotatable bonds is 1. The van der Waals surface area contributed by atoms with E-state index in [1.165, 1.54) is 0 Å². The molecule has 2 heterocycles. The van der Waals surface area contributed by atoms with E-state index in [0.29, 0.717) is 0 Å². The Bertz CT molecular complexity index is 572. The summed E-state index contributed by atoms with van der Waals surface area (Å²) >= 11 is 5.33. The zero-order valence-electron chi connectivity index (χ0n) is 10.2. The van der Waals surface area contributed by atoms with E-state index in [0.717, 1.165) is 28.2 Å². The van der Waals surface area contributed by atoms with Crippen LogP contribution >= 0.6 is 12.2 Å². The molecule has 0 spiro atoms. The van der Waals surface area contributed by atoms with Crippen LogP contribution in [0.3, 0.4) is 0 Å². The molecule has 4 heteroatoms. The zero-order valence-corrected chi connectivity index (χ0v) is 11.0. The van der Waals surface area contributed by atoms with Gasteiger partial charge in [-0.1, -0.05) is 20.8 Å². The van der Waals surface area contributed by atoms with Gasteiger partial charge < -0.3 is 9.55 Å². The largest absolute Gasteiger partial charge is 0.329 e. The predicted octanol–water partition coefficient (Wildman–Crippen LogP) is 3.45. The molecule has 0 unspecified atom stereocenters. The molecule has 3 nitrogen and oxygen atoms in total. The number of aromatic nitrogens is 3. The Balaban J connectivity index is 2.63. The third-order valence-corrected chi connectivity index (χ3v) is 2.71. The van der Waals surface area contributed by atoms with Gasteiger partial charge in [-0.2, -0.15) is 0 Å². The Morgan fingerprint density at radius 1 is 1.38 bits per heavy atom. The molecule has 0 aliphatic carbocycles. The molecule has 86 valence electrons. The van der Waals surface area contributed by atoms with Crippen molar-refractivity contribution in [3.63, 3.8) is 0 Å². The zero-order chi connectivity index (χ0) is 11.9. The molecule has 0 aromatic carbocycles. The lowest BCUT2D eigenvalue weighted by atomic mass is 9.97. The molecule has 2 rings (SSSR count). The third kappa shape index (κ3) is 2.16. The van der Waals surface area contributed by atoms with Crippen LogP contribution in [0.1, 0.15) is 26.5 Å². The first-order valence-corrected chi connectivity index (χ1v) is 5.84. The highest BCUT2D eigenvalue weighted by Gasteiger charge is 2.15. The number of fused-ring (bicyclic) bond motifs is 1. The van der Waals surface area contributed by atoms with Crippen LogP contribution in [0.15, 0.2) is 12.1 Å². The van der Waals surface area contributed by atoms with Crippen LogP contribution in [-0.2, 0) is 6.54 Å². The highest BCUT2D eigenvalue weighted by atomic mass is 32.1. The second kappa shape index (κ2) is 3.70. The lowest BCUT2D eigenvalue weighted by molar-refractivity contribution is 0.345. The third-order valence-electron chi connectivity index (χ3n) is 2.39. The van der Waals surface area contributed by atoms with Crippen LogP contribution in [0, 0.1) is 17.1 Å². The number of hydrogen-bond acceptors (Lipinski definition) is 2. The summed E-state index contributed by atoms with van der Waals surface area (Å²) in [5, 5.41) is 0. The molecule has 0 aliphatic heterocycles. The van der Waals surface area contributed by atoms with E-state index in [9.17, 15) is 0 Å². The second-order valence-electron chi connectivity index (χ2n) is 5.40. The number of H-pyrrole nitrogens is 1. The lowest BCUT2D eigenvalue weighted by Gasteiger charge is -2.18. The molecule has 0 saturated heterocycles. The van der Waals surface area contributed by atoms with Crippen molar-refractivity contribution in [2.24, 2.45) is 5.41 Å². The van der Waals surface area contributed by atoms with Crippen LogP contribution < -0.4 is 0 Å². The van der Waals surface area contributed by atoms with Gasteiger partial charge >= 0.3 is 0 Å². The van der Waals surface area contributed by atoms with Gasteiger partial charge in [-0.15, -0.1) is 0 Å². The van der Waals surface area contributed by atoms with E-state index >= 15 is 0 Å². The Morgan fingerprint density at radius 3 is 2.69 bits per heavy atom. The van der Waals surface area contributed by atoms with Gasteiger partial charge in [0.05, 0.1) is 5.52 Å². The molecule has 16 heavy (non-hydrogen) atoms. The van der Waals surface area contributed by atoms with Gasteiger partial charge in [0.15, 0.2) is 10.4 Å². The van der Waals surface area contributed by atoms with E-state index in [1.54, 1.807) is 0 Å². The molecular formula is C12H17N3S. The van der Waals surface area contributed by atoms with Gasteiger partial charge in [-0.3, -0.25) is 0 Å². The molecule has 0 atom stereocenters. The summed E-state index contributed by atoms with van der Waals surface area (Å²) in [6.45, 7) is 9.47. The summed E-state index contributed by atoms with van der Waals surface area (Å²) in [6.07, 6.45) is 0. The number of aryl methyl sites for hydroxylation is 1. The Morgan fingerprint density at radius 2 is 2.06 bits per heavy atom. The fraction of sp³-hybridized carbons (Fsp3) is 0.500. The molecule has 0 amide bonds. The number of nitrogens with zero attached hydrogens (tertiary/aromatic N) is 2. The average molecular weight is 235 g/mol. The van der Waals surface area contributed by atoms with Gasteiger partial charge in [0.25, 0.3) is 0 Å². The van der Waals surface area contributed by atoms with Gasteiger partial charge in [0.2, 0.25) is 0 Å². The Kier molecular flexibility index (Phi) is 2.62. The minimum absolute atomic E-state index is 0.193. The van der Waals surface area contributed by atoms with Gasteiger partial charge in [-0.25, -0.2) is 4.98 Å². The van der Waals surface area contributed by atoms with Crippen LogP contribution in [-0.4, -0.2) is 14.5 Å². The second-order valence-corrected chi connectivity index (χ2v) is 5.79. The molecule has 0 aliphatic rings. The maximum absolute atomic E-state index is 5.33. The SMILES string of the molecule is Cc1ccc2[nH]c(=S)n(CC(C)(C)C)c2n1. The predicted molar refractivity (Wildman–Crippen MR) is 69.1 cm³/mol. The fourth-order valence-corrected chi connectivity index (χ4v) is 2.01. The first kappa shape index (κ1) is 11.3. The van der Waals surface area contributed by atoms with Crippen molar-refractivity contribution >= 4 is 23.4 Å². The summed E-state index contributed by atoms with van der Waals surface area (Å²) in [5.74, 6) is 0. The Hall–Kier alpha value is -1.16. The number of hydrogen-bond donors (Lipinski definition) is 1. The number of aromatic amines is 1. The molecule has 1 N–H and O–H groups in total. The van der Waals surface area contributed by atoms with E-state index in [1.807, 2.05) is 19.1 Å². The molecule has 0 fully saturated rings. The Labute approximate surface area is 101 Å². The van der Waals surface area contributed by atoms with Crippen LogP contribution in [0.2, 0.25) is 0 Å². The summed E-state index contributed by atoms with van der Waals surface area (Å²) < 4.78 is 2.83. The van der Waals surface area contributed by atoms with Crippen molar-refractivity contribution in [1.29, 1.82) is 0 Å². The van der Waals surface area contributed by atoms with Gasteiger partial charge in [0, 0.05) is 12.2 Å². The lowest BCUT2D eigenvalue weighted by Crippen LogP contribution is -2.15. The average Bonchev–Trinajstić information content (AvgIpc) is 2.42. The van der Waals surface area contributed by atoms with Crippen molar-refractivity contribution in [3.05, 3.63) is 22.6 Å². The van der Waals surface area contributed by atoms with Crippen molar-refractivity contribution in [1.82, 2.24) is 14.5 Å². The molecule has 0 radical (unpaired) electrons. The topological polar surface area (TPSA) is 33.6 Å². The van der Waals surface area contributed by atoms with E-state index in [4.69, 9.17) is 12.2 Å². The summed E-state index contributed by atoms with van der Waals surface area (Å²) in [6, 6.07) is 4.03. The van der Waals surface area contributed by atoms with E-state index in [2.05, 4.69) is 35.3 Å². The molecular weight excluding hydrogens is 218 g/mol. The first-order chi connectivity index (χ1) is 7.37. The number of imidazole rings is 1.